The Morgan fingerprint density at radius 2 is 1.12 bits per heavy atom. The molecule has 0 saturated carbocycles. The van der Waals surface area contributed by atoms with Crippen molar-refractivity contribution in [3.8, 4) is 0 Å². The monoisotopic (exact) mass is 343 g/mol. The third kappa shape index (κ3) is 17.3. The summed E-state index contributed by atoms with van der Waals surface area (Å²) in [6.45, 7) is 3.18. The van der Waals surface area contributed by atoms with E-state index in [0.717, 1.165) is 12.8 Å². The lowest BCUT2D eigenvalue weighted by atomic mass is 10.1. The minimum atomic E-state index is -0.890. The first-order valence-electron chi connectivity index (χ1n) is 9.72. The van der Waals surface area contributed by atoms with Gasteiger partial charge in [-0.3, -0.25) is 14.5 Å². The summed E-state index contributed by atoms with van der Waals surface area (Å²) in [4.78, 5) is 23.1. The number of rotatable bonds is 18. The van der Waals surface area contributed by atoms with E-state index in [1.165, 1.54) is 64.2 Å². The van der Waals surface area contributed by atoms with Crippen LogP contribution in [0, 0.1) is 0 Å². The Morgan fingerprint density at radius 1 is 0.667 bits per heavy atom. The molecule has 0 aromatic heterocycles. The summed E-state index contributed by atoms with van der Waals surface area (Å²) >= 11 is 0. The second-order valence-electron chi connectivity index (χ2n) is 6.70. The lowest BCUT2D eigenvalue weighted by molar-refractivity contribution is -0.141. The Hall–Kier alpha value is -1.10. The van der Waals surface area contributed by atoms with Gasteiger partial charge in [-0.05, 0) is 13.0 Å². The maximum atomic E-state index is 10.8. The van der Waals surface area contributed by atoms with Crippen LogP contribution in [0.3, 0.4) is 0 Å². The number of carboxylic acids is 2. The molecule has 0 aliphatic rings. The SMILES string of the molecule is CCCCCCCCCCCCCCN(CCC(=O)O)CC(=O)O. The highest BCUT2D eigenvalue weighted by atomic mass is 16.4. The zero-order chi connectivity index (χ0) is 18.0. The van der Waals surface area contributed by atoms with Gasteiger partial charge in [0, 0.05) is 6.54 Å². The van der Waals surface area contributed by atoms with Crippen molar-refractivity contribution in [3.05, 3.63) is 0 Å². The first-order chi connectivity index (χ1) is 11.6. The second-order valence-corrected chi connectivity index (χ2v) is 6.70. The van der Waals surface area contributed by atoms with Gasteiger partial charge in [0.2, 0.25) is 0 Å². The molecular formula is C19H37NO4. The van der Waals surface area contributed by atoms with E-state index in [9.17, 15) is 9.59 Å². The Balaban J connectivity index is 3.47. The fraction of sp³-hybridized carbons (Fsp3) is 0.895. The molecule has 0 fully saturated rings. The molecule has 0 saturated heterocycles. The van der Waals surface area contributed by atoms with Gasteiger partial charge < -0.3 is 10.2 Å². The van der Waals surface area contributed by atoms with Crippen LogP contribution < -0.4 is 0 Å². The van der Waals surface area contributed by atoms with Crippen molar-refractivity contribution in [1.29, 1.82) is 0 Å². The van der Waals surface area contributed by atoms with Crippen molar-refractivity contribution in [1.82, 2.24) is 4.90 Å². The Labute approximate surface area is 147 Å². The Morgan fingerprint density at radius 3 is 1.54 bits per heavy atom. The van der Waals surface area contributed by atoms with Crippen molar-refractivity contribution in [2.75, 3.05) is 19.6 Å². The first kappa shape index (κ1) is 22.9. The summed E-state index contributed by atoms with van der Waals surface area (Å²) in [6, 6.07) is 0. The number of hydrogen-bond acceptors (Lipinski definition) is 3. The van der Waals surface area contributed by atoms with Crippen molar-refractivity contribution in [3.63, 3.8) is 0 Å². The topological polar surface area (TPSA) is 77.8 Å². The molecule has 0 aromatic rings. The zero-order valence-corrected chi connectivity index (χ0v) is 15.5. The molecule has 0 aliphatic carbocycles. The highest BCUT2D eigenvalue weighted by molar-refractivity contribution is 5.69. The van der Waals surface area contributed by atoms with Gasteiger partial charge in [-0.25, -0.2) is 0 Å². The molecule has 5 heteroatoms. The standard InChI is InChI=1S/C19H37NO4/c1-2-3-4-5-6-7-8-9-10-11-12-13-15-20(17-19(23)24)16-14-18(21)22/h2-17H2,1H3,(H,21,22)(H,23,24). The largest absolute Gasteiger partial charge is 0.481 e. The van der Waals surface area contributed by atoms with E-state index < -0.39 is 11.9 Å². The smallest absolute Gasteiger partial charge is 0.317 e. The molecule has 0 spiro atoms. The van der Waals surface area contributed by atoms with Gasteiger partial charge in [0.1, 0.15) is 0 Å². The van der Waals surface area contributed by atoms with E-state index >= 15 is 0 Å². The zero-order valence-electron chi connectivity index (χ0n) is 15.5. The van der Waals surface area contributed by atoms with Crippen LogP contribution in [0.2, 0.25) is 0 Å². The summed E-state index contributed by atoms with van der Waals surface area (Å²) in [7, 11) is 0. The first-order valence-corrected chi connectivity index (χ1v) is 9.72. The van der Waals surface area contributed by atoms with Crippen LogP contribution in [-0.4, -0.2) is 46.7 Å². The molecule has 0 rings (SSSR count). The van der Waals surface area contributed by atoms with Gasteiger partial charge in [-0.1, -0.05) is 77.6 Å². The molecule has 24 heavy (non-hydrogen) atoms. The van der Waals surface area contributed by atoms with Crippen LogP contribution in [0.15, 0.2) is 0 Å². The predicted molar refractivity (Wildman–Crippen MR) is 97.4 cm³/mol. The number of carboxylic acid groups (broad SMARTS) is 2. The van der Waals surface area contributed by atoms with Crippen molar-refractivity contribution < 1.29 is 19.8 Å². The van der Waals surface area contributed by atoms with E-state index in [1.807, 2.05) is 0 Å². The summed E-state index contributed by atoms with van der Waals surface area (Å²) in [6.07, 6.45) is 15.3. The van der Waals surface area contributed by atoms with Crippen molar-refractivity contribution in [2.45, 2.75) is 90.4 Å². The molecule has 0 aromatic carbocycles. The molecule has 5 nitrogen and oxygen atoms in total. The lowest BCUT2D eigenvalue weighted by Crippen LogP contribution is -2.32. The minimum Gasteiger partial charge on any atom is -0.481 e. The third-order valence-corrected chi connectivity index (χ3v) is 4.33. The van der Waals surface area contributed by atoms with Gasteiger partial charge in [0.05, 0.1) is 13.0 Å². The number of hydrogen-bond donors (Lipinski definition) is 2. The average molecular weight is 344 g/mol. The molecule has 0 atom stereocenters. The van der Waals surface area contributed by atoms with Crippen LogP contribution in [0.1, 0.15) is 90.4 Å². The molecular weight excluding hydrogens is 306 g/mol. The van der Waals surface area contributed by atoms with Gasteiger partial charge in [-0.15, -0.1) is 0 Å². The van der Waals surface area contributed by atoms with Gasteiger partial charge in [0.15, 0.2) is 0 Å². The number of aliphatic carboxylic acids is 2. The van der Waals surface area contributed by atoms with E-state index in [0.29, 0.717) is 13.1 Å². The van der Waals surface area contributed by atoms with Gasteiger partial charge in [0.25, 0.3) is 0 Å². The molecule has 0 heterocycles. The third-order valence-electron chi connectivity index (χ3n) is 4.33. The minimum absolute atomic E-state index is 0.00549. The molecule has 0 radical (unpaired) electrons. The second kappa shape index (κ2) is 16.7. The van der Waals surface area contributed by atoms with Crippen LogP contribution in [0.5, 0.6) is 0 Å². The van der Waals surface area contributed by atoms with Crippen molar-refractivity contribution >= 4 is 11.9 Å². The lowest BCUT2D eigenvalue weighted by Gasteiger charge is -2.19. The molecule has 0 unspecified atom stereocenters. The summed E-state index contributed by atoms with van der Waals surface area (Å²) in [5.74, 6) is -1.76. The number of nitrogens with zero attached hydrogens (tertiary/aromatic N) is 1. The summed E-state index contributed by atoms with van der Waals surface area (Å²) in [5.41, 5.74) is 0. The Bertz CT molecular complexity index is 320. The molecule has 2 N–H and O–H groups in total. The van der Waals surface area contributed by atoms with E-state index in [-0.39, 0.29) is 13.0 Å². The number of carbonyl (C=O) groups is 2. The van der Waals surface area contributed by atoms with Crippen molar-refractivity contribution in [2.24, 2.45) is 0 Å². The summed E-state index contributed by atoms with van der Waals surface area (Å²) in [5, 5.41) is 17.5. The van der Waals surface area contributed by atoms with Crippen LogP contribution >= 0.6 is 0 Å². The highest BCUT2D eigenvalue weighted by Crippen LogP contribution is 2.12. The molecule has 0 bridgehead atoms. The van der Waals surface area contributed by atoms with E-state index in [4.69, 9.17) is 10.2 Å². The fourth-order valence-corrected chi connectivity index (χ4v) is 2.89. The summed E-state index contributed by atoms with van der Waals surface area (Å²) < 4.78 is 0. The molecule has 0 amide bonds. The van der Waals surface area contributed by atoms with Crippen LogP contribution in [0.25, 0.3) is 0 Å². The Kier molecular flexibility index (Phi) is 16.0. The fourth-order valence-electron chi connectivity index (χ4n) is 2.89. The van der Waals surface area contributed by atoms with Crippen LogP contribution in [-0.2, 0) is 9.59 Å². The molecule has 142 valence electrons. The van der Waals surface area contributed by atoms with E-state index in [1.54, 1.807) is 4.90 Å². The van der Waals surface area contributed by atoms with Crippen LogP contribution in [0.4, 0.5) is 0 Å². The highest BCUT2D eigenvalue weighted by Gasteiger charge is 2.10. The van der Waals surface area contributed by atoms with Gasteiger partial charge in [-0.2, -0.15) is 0 Å². The van der Waals surface area contributed by atoms with Gasteiger partial charge >= 0.3 is 11.9 Å². The van der Waals surface area contributed by atoms with E-state index in [2.05, 4.69) is 6.92 Å². The normalized spacial score (nSPS) is 11.1. The quantitative estimate of drug-likeness (QED) is 0.357. The average Bonchev–Trinajstić information content (AvgIpc) is 2.52. The maximum Gasteiger partial charge on any atom is 0.317 e. The number of unbranched alkanes of at least 4 members (excludes halogenated alkanes) is 11. The molecule has 0 aliphatic heterocycles. The maximum absolute atomic E-state index is 10.8. The predicted octanol–water partition coefficient (Wildman–Crippen LogP) is 4.55.